The maximum atomic E-state index is 8.84. The molecule has 0 saturated heterocycles. The summed E-state index contributed by atoms with van der Waals surface area (Å²) in [6.07, 6.45) is 0. The van der Waals surface area contributed by atoms with Crippen LogP contribution in [0.15, 0.2) is 41.5 Å². The van der Waals surface area contributed by atoms with Crippen molar-refractivity contribution in [2.75, 3.05) is 0 Å². The first-order valence-electron chi connectivity index (χ1n) is 4.56. The van der Waals surface area contributed by atoms with Crippen LogP contribution in [0.1, 0.15) is 5.56 Å². The summed E-state index contributed by atoms with van der Waals surface area (Å²) in [5, 5.41) is 35.3. The van der Waals surface area contributed by atoms with E-state index in [1.54, 1.807) is 54.4 Å². The molecule has 0 atom stereocenters. The molecule has 4 heteroatoms. The van der Waals surface area contributed by atoms with Crippen molar-refractivity contribution in [1.82, 2.24) is 0 Å². The Bertz CT molecular complexity index is 611. The first kappa shape index (κ1) is 12.0. The fourth-order valence-electron chi connectivity index (χ4n) is 1.29. The largest absolute Gasteiger partial charge is 0.762 e. The third-order valence-corrected chi connectivity index (χ3v) is 2.01. The van der Waals surface area contributed by atoms with E-state index in [-0.39, 0.29) is 16.7 Å². The summed E-state index contributed by atoms with van der Waals surface area (Å²) < 4.78 is 0. The van der Waals surface area contributed by atoms with Gasteiger partial charge >= 0.3 is 0 Å². The van der Waals surface area contributed by atoms with E-state index in [2.05, 4.69) is 0 Å². The summed E-state index contributed by atoms with van der Waals surface area (Å²) >= 11 is 0. The van der Waals surface area contributed by atoms with Crippen LogP contribution in [-0.2, 0) is 0 Å². The molecule has 1 aromatic carbocycles. The monoisotopic (exact) mass is 217 g/mol. The highest BCUT2D eigenvalue weighted by Crippen LogP contribution is 2.24. The van der Waals surface area contributed by atoms with Gasteiger partial charge in [0.05, 0.1) is 5.57 Å². The fraction of sp³-hybridized carbons (Fsp3) is 0. The molecule has 0 fully saturated rings. The Morgan fingerprint density at radius 2 is 1.53 bits per heavy atom. The van der Waals surface area contributed by atoms with E-state index in [1.165, 1.54) is 0 Å². The average molecular weight is 217 g/mol. The SMILES string of the molecule is N#CC(=C=[N-])C(=C(C#N)C#N)c1ccccc1. The molecular weight excluding hydrogens is 212 g/mol. The lowest BCUT2D eigenvalue weighted by molar-refractivity contribution is 1.45. The van der Waals surface area contributed by atoms with Crippen molar-refractivity contribution in [2.45, 2.75) is 0 Å². The van der Waals surface area contributed by atoms with Gasteiger partial charge in [0.15, 0.2) is 0 Å². The van der Waals surface area contributed by atoms with Crippen LogP contribution in [0.2, 0.25) is 0 Å². The molecule has 0 aliphatic heterocycles. The highest BCUT2D eigenvalue weighted by atomic mass is 14.3. The van der Waals surface area contributed by atoms with Gasteiger partial charge in [0.2, 0.25) is 0 Å². The second-order valence-electron chi connectivity index (χ2n) is 2.94. The van der Waals surface area contributed by atoms with Crippen molar-refractivity contribution in [3.05, 3.63) is 52.5 Å². The molecule has 0 aliphatic rings. The normalized spacial score (nSPS) is 7.82. The number of nitriles is 3. The first-order chi connectivity index (χ1) is 8.28. The minimum absolute atomic E-state index is 0.0839. The lowest BCUT2D eigenvalue weighted by atomic mass is 9.95. The Morgan fingerprint density at radius 1 is 0.941 bits per heavy atom. The molecule has 0 saturated carbocycles. The summed E-state index contributed by atoms with van der Waals surface area (Å²) in [7, 11) is 0. The average Bonchev–Trinajstić information content (AvgIpc) is 2.40. The van der Waals surface area contributed by atoms with Gasteiger partial charge in [-0.1, -0.05) is 30.3 Å². The van der Waals surface area contributed by atoms with Gasteiger partial charge in [0.1, 0.15) is 23.8 Å². The molecule has 0 amide bonds. The molecule has 0 aromatic heterocycles. The quantitative estimate of drug-likeness (QED) is 0.431. The van der Waals surface area contributed by atoms with E-state index in [0.717, 1.165) is 0 Å². The Hall–Kier alpha value is -3.12. The Balaban J connectivity index is 3.63. The van der Waals surface area contributed by atoms with Crippen LogP contribution in [0.3, 0.4) is 0 Å². The number of hydrogen-bond donors (Lipinski definition) is 0. The standard InChI is InChI=1S/C13H5N4/c14-6-11(7-15)13(12(8-16)9-17)10-4-2-1-3-5-10/h1-5H/q-1. The van der Waals surface area contributed by atoms with Gasteiger partial charge in [-0.3, -0.25) is 0 Å². The number of benzene rings is 1. The maximum Gasteiger partial charge on any atom is 0.139 e. The predicted molar refractivity (Wildman–Crippen MR) is 62.1 cm³/mol. The van der Waals surface area contributed by atoms with Crippen LogP contribution in [-0.4, -0.2) is 5.87 Å². The molecule has 0 bridgehead atoms. The lowest BCUT2D eigenvalue weighted by Crippen LogP contribution is -1.93. The molecule has 1 rings (SSSR count). The molecule has 4 nitrogen and oxygen atoms in total. The van der Waals surface area contributed by atoms with Crippen LogP contribution >= 0.6 is 0 Å². The zero-order chi connectivity index (χ0) is 12.7. The Labute approximate surface area is 98.5 Å². The molecule has 0 heterocycles. The molecule has 1 aromatic rings. The number of nitrogens with zero attached hydrogens (tertiary/aromatic N) is 4. The lowest BCUT2D eigenvalue weighted by Gasteiger charge is -2.05. The second-order valence-corrected chi connectivity index (χ2v) is 2.94. The molecule has 0 aliphatic carbocycles. The highest BCUT2D eigenvalue weighted by molar-refractivity contribution is 5.97. The van der Waals surface area contributed by atoms with Crippen molar-refractivity contribution >= 4 is 11.4 Å². The van der Waals surface area contributed by atoms with Gasteiger partial charge in [0.25, 0.3) is 0 Å². The second kappa shape index (κ2) is 5.69. The number of rotatable bonds is 2. The maximum absolute atomic E-state index is 8.84. The van der Waals surface area contributed by atoms with E-state index in [9.17, 15) is 0 Å². The van der Waals surface area contributed by atoms with Crippen molar-refractivity contribution in [3.8, 4) is 18.2 Å². The summed E-state index contributed by atoms with van der Waals surface area (Å²) in [6, 6.07) is 13.5. The predicted octanol–water partition coefficient (Wildman–Crippen LogP) is 2.18. The smallest absolute Gasteiger partial charge is 0.139 e. The number of hydrogen-bond acceptors (Lipinski definition) is 3. The van der Waals surface area contributed by atoms with Crippen molar-refractivity contribution in [2.24, 2.45) is 0 Å². The van der Waals surface area contributed by atoms with Gasteiger partial charge < -0.3 is 5.41 Å². The van der Waals surface area contributed by atoms with Crippen molar-refractivity contribution < 1.29 is 0 Å². The molecule has 0 radical (unpaired) electrons. The molecule has 0 N–H and O–H groups in total. The van der Waals surface area contributed by atoms with Gasteiger partial charge in [-0.15, -0.1) is 0 Å². The van der Waals surface area contributed by atoms with Gasteiger partial charge in [0, 0.05) is 5.57 Å². The molecule has 17 heavy (non-hydrogen) atoms. The van der Waals surface area contributed by atoms with Crippen molar-refractivity contribution in [1.29, 1.82) is 15.8 Å². The third-order valence-electron chi connectivity index (χ3n) is 2.01. The van der Waals surface area contributed by atoms with E-state index >= 15 is 0 Å². The van der Waals surface area contributed by atoms with Gasteiger partial charge in [-0.25, -0.2) is 5.87 Å². The van der Waals surface area contributed by atoms with E-state index < -0.39 is 0 Å². The number of allylic oxidation sites excluding steroid dienone is 3. The molecule has 0 spiro atoms. The van der Waals surface area contributed by atoms with Crippen LogP contribution < -0.4 is 0 Å². The third kappa shape index (κ3) is 2.46. The molecule has 78 valence electrons. The van der Waals surface area contributed by atoms with Crippen LogP contribution in [0, 0.1) is 34.0 Å². The Morgan fingerprint density at radius 3 is 1.94 bits per heavy atom. The summed E-state index contributed by atoms with van der Waals surface area (Å²) in [6.45, 7) is 0. The molecule has 0 unspecified atom stereocenters. The fourth-order valence-corrected chi connectivity index (χ4v) is 1.29. The van der Waals surface area contributed by atoms with E-state index in [4.69, 9.17) is 21.2 Å². The zero-order valence-electron chi connectivity index (χ0n) is 8.68. The topological polar surface area (TPSA) is 93.7 Å². The van der Waals surface area contributed by atoms with E-state index in [0.29, 0.717) is 5.56 Å². The first-order valence-corrected chi connectivity index (χ1v) is 4.56. The van der Waals surface area contributed by atoms with Crippen molar-refractivity contribution in [3.63, 3.8) is 0 Å². The zero-order valence-corrected chi connectivity index (χ0v) is 8.68. The van der Waals surface area contributed by atoms with Crippen LogP contribution in [0.4, 0.5) is 0 Å². The summed E-state index contributed by atoms with van der Waals surface area (Å²) in [5.41, 5.74) is 0.105. The highest BCUT2D eigenvalue weighted by Gasteiger charge is 2.12. The van der Waals surface area contributed by atoms with E-state index in [1.807, 2.05) is 0 Å². The van der Waals surface area contributed by atoms with Gasteiger partial charge in [-0.2, -0.15) is 15.8 Å². The summed E-state index contributed by atoms with van der Waals surface area (Å²) in [5.74, 6) is 1.69. The minimum atomic E-state index is -0.241. The van der Waals surface area contributed by atoms with Crippen LogP contribution in [0.5, 0.6) is 0 Å². The Kier molecular flexibility index (Phi) is 4.00. The summed E-state index contributed by atoms with van der Waals surface area (Å²) in [4.78, 5) is 0. The van der Waals surface area contributed by atoms with Gasteiger partial charge in [-0.05, 0) is 5.56 Å². The van der Waals surface area contributed by atoms with Crippen LogP contribution in [0.25, 0.3) is 11.0 Å². The molecular formula is C13H5N4-. The minimum Gasteiger partial charge on any atom is -0.762 e.